The van der Waals surface area contributed by atoms with E-state index in [1.165, 1.54) is 4.90 Å². The van der Waals surface area contributed by atoms with Crippen molar-refractivity contribution in [3.8, 4) is 0 Å². The van der Waals surface area contributed by atoms with Gasteiger partial charge in [-0.25, -0.2) is 4.79 Å². The Balaban J connectivity index is 1.86. The quantitative estimate of drug-likeness (QED) is 0.834. The van der Waals surface area contributed by atoms with Gasteiger partial charge in [-0.15, -0.1) is 0 Å². The first-order valence-electron chi connectivity index (χ1n) is 9.14. The van der Waals surface area contributed by atoms with Crippen LogP contribution >= 0.6 is 0 Å². The van der Waals surface area contributed by atoms with Gasteiger partial charge in [0.15, 0.2) is 17.1 Å². The molecular formula is C22H20N2O4. The Labute approximate surface area is 162 Å². The van der Waals surface area contributed by atoms with Crippen molar-refractivity contribution in [2.24, 2.45) is 0 Å². The van der Waals surface area contributed by atoms with Crippen LogP contribution in [-0.4, -0.2) is 58.7 Å². The topological polar surface area (TPSA) is 77.9 Å². The number of benzene rings is 2. The van der Waals surface area contributed by atoms with Gasteiger partial charge in [0.05, 0.1) is 0 Å². The van der Waals surface area contributed by atoms with Crippen LogP contribution in [0.15, 0.2) is 55.1 Å². The maximum Gasteiger partial charge on any atom is 0.407 e. The molecule has 1 amide bonds. The Kier molecular flexibility index (Phi) is 4.35. The van der Waals surface area contributed by atoms with Crippen LogP contribution in [0.5, 0.6) is 0 Å². The molecule has 1 aliphatic heterocycles. The summed E-state index contributed by atoms with van der Waals surface area (Å²) in [6.45, 7) is 4.88. The van der Waals surface area contributed by atoms with E-state index in [4.69, 9.17) is 0 Å². The molecule has 142 valence electrons. The van der Waals surface area contributed by atoms with Gasteiger partial charge in [0.1, 0.15) is 0 Å². The Morgan fingerprint density at radius 3 is 2.11 bits per heavy atom. The van der Waals surface area contributed by atoms with Crippen molar-refractivity contribution in [1.29, 1.82) is 0 Å². The highest BCUT2D eigenvalue weighted by molar-refractivity contribution is 6.32. The second-order valence-electron chi connectivity index (χ2n) is 7.00. The molecule has 1 saturated heterocycles. The van der Waals surface area contributed by atoms with Crippen LogP contribution in [0.1, 0.15) is 31.8 Å². The standard InChI is InChI=1S/C22H20N2O4/c1-2-15-6-5-7-16(14-15)22(24-12-10-23(11-13-24)21(27)28)19(25)17-8-3-4-9-18(17)20(22)26/h2-9,14H,1,10-13H2,(H,27,28). The van der Waals surface area contributed by atoms with Gasteiger partial charge in [-0.05, 0) is 17.2 Å². The van der Waals surface area contributed by atoms with E-state index in [1.54, 1.807) is 36.4 Å². The van der Waals surface area contributed by atoms with E-state index in [9.17, 15) is 19.5 Å². The predicted octanol–water partition coefficient (Wildman–Crippen LogP) is 2.90. The van der Waals surface area contributed by atoms with Gasteiger partial charge in [0, 0.05) is 37.3 Å². The average molecular weight is 376 g/mol. The van der Waals surface area contributed by atoms with Crippen molar-refractivity contribution in [1.82, 2.24) is 9.80 Å². The average Bonchev–Trinajstić information content (AvgIpc) is 2.96. The second-order valence-corrected chi connectivity index (χ2v) is 7.00. The summed E-state index contributed by atoms with van der Waals surface area (Å²) in [4.78, 5) is 41.7. The summed E-state index contributed by atoms with van der Waals surface area (Å²) in [5, 5.41) is 9.25. The van der Waals surface area contributed by atoms with Crippen molar-refractivity contribution in [3.05, 3.63) is 77.4 Å². The van der Waals surface area contributed by atoms with Gasteiger partial charge < -0.3 is 10.0 Å². The number of carboxylic acid groups (broad SMARTS) is 1. The molecule has 1 N–H and O–H groups in total. The highest BCUT2D eigenvalue weighted by atomic mass is 16.4. The van der Waals surface area contributed by atoms with Gasteiger partial charge >= 0.3 is 6.09 Å². The molecule has 0 aromatic heterocycles. The Morgan fingerprint density at radius 2 is 1.57 bits per heavy atom. The normalized spacial score (nSPS) is 18.8. The molecule has 2 aliphatic rings. The molecule has 0 bridgehead atoms. The van der Waals surface area contributed by atoms with Crippen LogP contribution in [0.3, 0.4) is 0 Å². The fraction of sp³-hybridized carbons (Fsp3) is 0.227. The minimum absolute atomic E-state index is 0.245. The van der Waals surface area contributed by atoms with E-state index in [1.807, 2.05) is 23.1 Å². The van der Waals surface area contributed by atoms with Crippen LogP contribution in [-0.2, 0) is 5.54 Å². The third kappa shape index (κ3) is 2.49. The summed E-state index contributed by atoms with van der Waals surface area (Å²) in [6, 6.07) is 14.2. The largest absolute Gasteiger partial charge is 0.465 e. The highest BCUT2D eigenvalue weighted by Gasteiger charge is 2.58. The molecule has 28 heavy (non-hydrogen) atoms. The molecule has 0 radical (unpaired) electrons. The van der Waals surface area contributed by atoms with Gasteiger partial charge in [0.2, 0.25) is 0 Å². The number of fused-ring (bicyclic) bond motifs is 1. The Morgan fingerprint density at radius 1 is 0.964 bits per heavy atom. The monoisotopic (exact) mass is 376 g/mol. The number of amides is 1. The fourth-order valence-corrected chi connectivity index (χ4v) is 4.23. The van der Waals surface area contributed by atoms with Crippen LogP contribution in [0.25, 0.3) is 6.08 Å². The Hall–Kier alpha value is -3.25. The molecule has 0 spiro atoms. The van der Waals surface area contributed by atoms with Gasteiger partial charge in [-0.1, -0.05) is 55.1 Å². The number of nitrogens with zero attached hydrogens (tertiary/aromatic N) is 2. The number of piperazine rings is 1. The first-order valence-corrected chi connectivity index (χ1v) is 9.14. The van der Waals surface area contributed by atoms with E-state index in [-0.39, 0.29) is 24.7 Å². The molecule has 1 heterocycles. The summed E-state index contributed by atoms with van der Waals surface area (Å²) in [5.74, 6) is -0.504. The van der Waals surface area contributed by atoms with Gasteiger partial charge in [0.25, 0.3) is 0 Å². The first-order chi connectivity index (χ1) is 13.5. The summed E-state index contributed by atoms with van der Waals surface area (Å²) >= 11 is 0. The zero-order valence-electron chi connectivity index (χ0n) is 15.3. The van der Waals surface area contributed by atoms with Crippen LogP contribution < -0.4 is 0 Å². The molecule has 1 fully saturated rings. The highest BCUT2D eigenvalue weighted by Crippen LogP contribution is 2.43. The zero-order chi connectivity index (χ0) is 19.9. The number of Topliss-reactive ketones (excluding diaryl/α,β-unsaturated/α-hetero) is 2. The van der Waals surface area contributed by atoms with Crippen molar-refractivity contribution in [2.75, 3.05) is 26.2 Å². The molecule has 0 saturated carbocycles. The number of carbonyl (C=O) groups excluding carboxylic acids is 2. The molecule has 1 aliphatic carbocycles. The minimum Gasteiger partial charge on any atom is -0.465 e. The lowest BCUT2D eigenvalue weighted by Crippen LogP contribution is -2.61. The van der Waals surface area contributed by atoms with Crippen molar-refractivity contribution < 1.29 is 19.5 Å². The lowest BCUT2D eigenvalue weighted by atomic mass is 9.81. The minimum atomic E-state index is -1.46. The van der Waals surface area contributed by atoms with Crippen LogP contribution in [0.2, 0.25) is 0 Å². The number of ketones is 2. The van der Waals surface area contributed by atoms with E-state index in [2.05, 4.69) is 6.58 Å². The number of rotatable bonds is 3. The lowest BCUT2D eigenvalue weighted by Gasteiger charge is -2.43. The molecule has 0 atom stereocenters. The van der Waals surface area contributed by atoms with Crippen LogP contribution in [0, 0.1) is 0 Å². The van der Waals surface area contributed by atoms with Crippen LogP contribution in [0.4, 0.5) is 4.79 Å². The second kappa shape index (κ2) is 6.73. The summed E-state index contributed by atoms with van der Waals surface area (Å²) < 4.78 is 0. The maximum atomic E-state index is 13.6. The van der Waals surface area contributed by atoms with E-state index >= 15 is 0 Å². The Bertz CT molecular complexity index is 955. The summed E-state index contributed by atoms with van der Waals surface area (Å²) in [7, 11) is 0. The summed E-state index contributed by atoms with van der Waals surface area (Å²) in [5.41, 5.74) is 0.777. The third-order valence-electron chi connectivity index (χ3n) is 5.64. The predicted molar refractivity (Wildman–Crippen MR) is 104 cm³/mol. The van der Waals surface area contributed by atoms with Crippen molar-refractivity contribution in [3.63, 3.8) is 0 Å². The number of hydrogen-bond acceptors (Lipinski definition) is 4. The molecular weight excluding hydrogens is 356 g/mol. The van der Waals surface area contributed by atoms with E-state index < -0.39 is 11.6 Å². The number of hydrogen-bond donors (Lipinski definition) is 1. The van der Waals surface area contributed by atoms with Gasteiger partial charge in [-0.3, -0.25) is 14.5 Å². The molecule has 0 unspecified atom stereocenters. The molecule has 6 heteroatoms. The van der Waals surface area contributed by atoms with Crippen molar-refractivity contribution in [2.45, 2.75) is 5.54 Å². The fourth-order valence-electron chi connectivity index (χ4n) is 4.23. The van der Waals surface area contributed by atoms with E-state index in [0.717, 1.165) is 5.56 Å². The first kappa shape index (κ1) is 18.1. The SMILES string of the molecule is C=Cc1cccc(C2(N3CCN(C(=O)O)CC3)C(=O)c3ccccc3C2=O)c1. The van der Waals surface area contributed by atoms with E-state index in [0.29, 0.717) is 29.8 Å². The molecule has 6 nitrogen and oxygen atoms in total. The third-order valence-corrected chi connectivity index (χ3v) is 5.64. The maximum absolute atomic E-state index is 13.6. The zero-order valence-corrected chi connectivity index (χ0v) is 15.3. The summed E-state index contributed by atoms with van der Waals surface area (Å²) in [6.07, 6.45) is 0.686. The lowest BCUT2D eigenvalue weighted by molar-refractivity contribution is 0.0306. The molecule has 4 rings (SSSR count). The smallest absolute Gasteiger partial charge is 0.407 e. The molecule has 2 aromatic carbocycles. The van der Waals surface area contributed by atoms with Gasteiger partial charge in [-0.2, -0.15) is 0 Å². The van der Waals surface area contributed by atoms with Crippen molar-refractivity contribution >= 4 is 23.7 Å². The molecule has 2 aromatic rings. The number of carbonyl (C=O) groups is 3.